The van der Waals surface area contributed by atoms with Gasteiger partial charge in [-0.3, -0.25) is 0 Å². The van der Waals surface area contributed by atoms with Crippen LogP contribution in [0.25, 0.3) is 12.2 Å². The third kappa shape index (κ3) is 5.87. The summed E-state index contributed by atoms with van der Waals surface area (Å²) in [5.41, 5.74) is 3.71. The minimum absolute atomic E-state index is 0.0778. The van der Waals surface area contributed by atoms with Crippen LogP contribution in [0.1, 0.15) is 35.7 Å². The van der Waals surface area contributed by atoms with Crippen molar-refractivity contribution in [2.45, 2.75) is 26.4 Å². The van der Waals surface area contributed by atoms with Gasteiger partial charge in [-0.15, -0.1) is 0 Å². The van der Waals surface area contributed by atoms with Gasteiger partial charge in [-0.05, 0) is 49.6 Å². The van der Waals surface area contributed by atoms with Gasteiger partial charge in [0.15, 0.2) is 23.1 Å². The summed E-state index contributed by atoms with van der Waals surface area (Å²) in [6.07, 6.45) is 8.26. The molecule has 180 valence electrons. The Morgan fingerprint density at radius 2 is 1.91 bits per heavy atom. The van der Waals surface area contributed by atoms with E-state index < -0.39 is 5.82 Å². The number of halogens is 1. The fourth-order valence-corrected chi connectivity index (χ4v) is 3.63. The van der Waals surface area contributed by atoms with Gasteiger partial charge in [0.25, 0.3) is 0 Å². The van der Waals surface area contributed by atoms with Crippen LogP contribution < -0.4 is 10.1 Å². The predicted octanol–water partition coefficient (Wildman–Crippen LogP) is 6.02. The second-order valence-corrected chi connectivity index (χ2v) is 7.97. The van der Waals surface area contributed by atoms with Gasteiger partial charge in [0, 0.05) is 18.3 Å². The predicted molar refractivity (Wildman–Crippen MR) is 134 cm³/mol. The molecule has 0 unspecified atom stereocenters. The van der Waals surface area contributed by atoms with E-state index in [1.165, 1.54) is 6.33 Å². The topological polar surface area (TPSA) is 65.5 Å². The molecule has 7 heteroatoms. The van der Waals surface area contributed by atoms with Gasteiger partial charge in [0.1, 0.15) is 12.9 Å². The number of allylic oxidation sites excluding steroid dienone is 2. The van der Waals surface area contributed by atoms with E-state index in [2.05, 4.69) is 15.3 Å². The normalized spacial score (nSPS) is 15.0. The van der Waals surface area contributed by atoms with E-state index >= 15 is 4.39 Å². The summed E-state index contributed by atoms with van der Waals surface area (Å²) in [5.74, 6) is 0.998. The van der Waals surface area contributed by atoms with Crippen LogP contribution >= 0.6 is 0 Å². The molecule has 0 fully saturated rings. The molecule has 0 spiro atoms. The van der Waals surface area contributed by atoms with Crippen molar-refractivity contribution in [2.75, 3.05) is 14.2 Å². The maximum atomic E-state index is 15.2. The first-order valence-corrected chi connectivity index (χ1v) is 11.4. The van der Waals surface area contributed by atoms with Crippen LogP contribution in [0.5, 0.6) is 11.6 Å². The molecule has 0 bridgehead atoms. The lowest BCUT2D eigenvalue weighted by Crippen LogP contribution is -2.06. The molecule has 0 amide bonds. The zero-order valence-corrected chi connectivity index (χ0v) is 20.0. The Morgan fingerprint density at radius 1 is 1.09 bits per heavy atom. The van der Waals surface area contributed by atoms with E-state index in [-0.39, 0.29) is 11.6 Å². The van der Waals surface area contributed by atoms with E-state index in [9.17, 15) is 0 Å². The number of nitrogens with one attached hydrogen (secondary N) is 1. The molecule has 1 N–H and O–H groups in total. The number of methoxy groups -OCH3 is 1. The van der Waals surface area contributed by atoms with E-state index in [1.54, 1.807) is 44.5 Å². The van der Waals surface area contributed by atoms with Crippen molar-refractivity contribution in [3.8, 4) is 11.6 Å². The molecule has 1 heterocycles. The molecule has 0 aliphatic heterocycles. The summed E-state index contributed by atoms with van der Waals surface area (Å²) in [6, 6.07) is 14.9. The lowest BCUT2D eigenvalue weighted by atomic mass is 10.1. The SMILES string of the molecule is CN/C(C)=C\c1cccc(Oc2ncnc3c2/C=C(/OC)C(OCc2ccccc2)=CCC3)c1F. The lowest BCUT2D eigenvalue weighted by Gasteiger charge is -2.18. The highest BCUT2D eigenvalue weighted by molar-refractivity contribution is 5.63. The summed E-state index contributed by atoms with van der Waals surface area (Å²) < 4.78 is 32.9. The zero-order valence-electron chi connectivity index (χ0n) is 20.0. The second kappa shape index (κ2) is 11.3. The highest BCUT2D eigenvalue weighted by atomic mass is 19.1. The minimum atomic E-state index is -0.469. The number of hydrogen-bond donors (Lipinski definition) is 1. The van der Waals surface area contributed by atoms with Crippen molar-refractivity contribution in [1.29, 1.82) is 0 Å². The van der Waals surface area contributed by atoms with E-state index in [4.69, 9.17) is 14.2 Å². The zero-order chi connectivity index (χ0) is 24.6. The molecular formula is C28H28FN3O3. The van der Waals surface area contributed by atoms with Crippen LogP contribution in [0.15, 0.2) is 78.1 Å². The van der Waals surface area contributed by atoms with Gasteiger partial charge in [-0.1, -0.05) is 42.5 Å². The lowest BCUT2D eigenvalue weighted by molar-refractivity contribution is 0.166. The summed E-state index contributed by atoms with van der Waals surface area (Å²) in [6.45, 7) is 2.27. The molecule has 2 aromatic carbocycles. The Morgan fingerprint density at radius 3 is 2.69 bits per heavy atom. The molecule has 0 saturated carbocycles. The van der Waals surface area contributed by atoms with Crippen LogP contribution in [-0.4, -0.2) is 24.1 Å². The molecule has 1 aromatic heterocycles. The highest BCUT2D eigenvalue weighted by Crippen LogP contribution is 2.33. The smallest absolute Gasteiger partial charge is 0.230 e. The van der Waals surface area contributed by atoms with Crippen molar-refractivity contribution >= 4 is 12.2 Å². The molecule has 0 radical (unpaired) electrons. The van der Waals surface area contributed by atoms with E-state index in [0.29, 0.717) is 42.1 Å². The Labute approximate surface area is 204 Å². The number of nitrogens with zero attached hydrogens (tertiary/aromatic N) is 2. The molecule has 4 rings (SSSR count). The van der Waals surface area contributed by atoms with Crippen molar-refractivity contribution < 1.29 is 18.6 Å². The Kier molecular flexibility index (Phi) is 7.77. The number of rotatable bonds is 8. The quantitative estimate of drug-likeness (QED) is 0.431. The van der Waals surface area contributed by atoms with Crippen LogP contribution in [-0.2, 0) is 22.5 Å². The number of aromatic nitrogens is 2. The molecule has 6 nitrogen and oxygen atoms in total. The van der Waals surface area contributed by atoms with Crippen LogP contribution in [0, 0.1) is 5.82 Å². The summed E-state index contributed by atoms with van der Waals surface area (Å²) in [5, 5.41) is 2.99. The van der Waals surface area contributed by atoms with Gasteiger partial charge in [-0.2, -0.15) is 0 Å². The number of fused-ring (bicyclic) bond motifs is 1. The first-order chi connectivity index (χ1) is 17.1. The molecule has 35 heavy (non-hydrogen) atoms. The summed E-state index contributed by atoms with van der Waals surface area (Å²) >= 11 is 0. The Balaban J connectivity index is 1.65. The summed E-state index contributed by atoms with van der Waals surface area (Å²) in [7, 11) is 3.37. The van der Waals surface area contributed by atoms with E-state index in [1.807, 2.05) is 43.3 Å². The van der Waals surface area contributed by atoms with Gasteiger partial charge in [0.05, 0.1) is 18.4 Å². The van der Waals surface area contributed by atoms with Gasteiger partial charge in [0.2, 0.25) is 5.88 Å². The van der Waals surface area contributed by atoms with Crippen LogP contribution in [0.2, 0.25) is 0 Å². The monoisotopic (exact) mass is 473 g/mol. The van der Waals surface area contributed by atoms with Gasteiger partial charge < -0.3 is 19.5 Å². The van der Waals surface area contributed by atoms with Crippen LogP contribution in [0.3, 0.4) is 0 Å². The average molecular weight is 474 g/mol. The fraction of sp³-hybridized carbons (Fsp3) is 0.214. The highest BCUT2D eigenvalue weighted by Gasteiger charge is 2.19. The number of aryl methyl sites for hydroxylation is 1. The fourth-order valence-electron chi connectivity index (χ4n) is 3.63. The largest absolute Gasteiger partial charge is 0.493 e. The first kappa shape index (κ1) is 24.0. The molecule has 3 aromatic rings. The maximum absolute atomic E-state index is 15.2. The van der Waals surface area contributed by atoms with Crippen molar-refractivity contribution in [1.82, 2.24) is 15.3 Å². The Bertz CT molecular complexity index is 1270. The average Bonchev–Trinajstić information content (AvgIpc) is 2.87. The molecule has 1 aliphatic rings. The number of benzene rings is 2. The summed E-state index contributed by atoms with van der Waals surface area (Å²) in [4.78, 5) is 8.73. The number of hydrogen-bond acceptors (Lipinski definition) is 6. The number of ether oxygens (including phenoxy) is 3. The third-order valence-corrected chi connectivity index (χ3v) is 5.58. The first-order valence-electron chi connectivity index (χ1n) is 11.4. The molecule has 0 saturated heterocycles. The van der Waals surface area contributed by atoms with E-state index in [0.717, 1.165) is 17.0 Å². The molecule has 1 aliphatic carbocycles. The second-order valence-electron chi connectivity index (χ2n) is 7.97. The van der Waals surface area contributed by atoms with Crippen molar-refractivity contribution in [3.05, 3.63) is 106 Å². The minimum Gasteiger partial charge on any atom is -0.493 e. The molecular weight excluding hydrogens is 445 g/mol. The Hall–Kier alpha value is -4.13. The van der Waals surface area contributed by atoms with Crippen molar-refractivity contribution in [3.63, 3.8) is 0 Å². The van der Waals surface area contributed by atoms with Gasteiger partial charge in [-0.25, -0.2) is 14.4 Å². The van der Waals surface area contributed by atoms with Gasteiger partial charge >= 0.3 is 0 Å². The molecule has 0 atom stereocenters. The third-order valence-electron chi connectivity index (χ3n) is 5.58. The standard InChI is InChI=1S/C28H28FN3O3/c1-19(30-2)15-21-11-7-14-25(27(21)29)35-28-22-16-26(33-3)24(13-8-12-23(22)31-18-32-28)34-17-20-9-5-4-6-10-20/h4-7,9-11,13-16,18,30H,8,12,17H2,1-3H3/b19-15-,24-13?,26-16+. The maximum Gasteiger partial charge on any atom is 0.230 e. The van der Waals surface area contributed by atoms with Crippen LogP contribution in [0.4, 0.5) is 4.39 Å². The van der Waals surface area contributed by atoms with Crippen molar-refractivity contribution in [2.24, 2.45) is 0 Å².